The van der Waals surface area contributed by atoms with Crippen LogP contribution in [0.2, 0.25) is 0 Å². The van der Waals surface area contributed by atoms with E-state index in [-0.39, 0.29) is 17.6 Å². The predicted octanol–water partition coefficient (Wildman–Crippen LogP) is 1.25. The van der Waals surface area contributed by atoms with Gasteiger partial charge in [-0.05, 0) is 38.1 Å². The number of hydrogen-bond acceptors (Lipinski definition) is 5. The number of hydrogen-bond donors (Lipinski definition) is 3. The molecule has 0 aliphatic carbocycles. The Hall–Kier alpha value is -1.80. The molecule has 0 saturated carbocycles. The van der Waals surface area contributed by atoms with E-state index in [1.54, 1.807) is 25.1 Å². The standard InChI is InChI=1S/C15H23N3O4S/c1-4-23(20,21)18-13-6-5-12(7-14(13)22-3)17-15(19)10(2)11-8-16-9-11/h5-7,10-11,16,18H,4,8-9H2,1-3H3,(H,17,19). The molecule has 8 heteroatoms. The first-order valence-electron chi connectivity index (χ1n) is 7.56. The minimum absolute atomic E-state index is 0.0262. The lowest BCUT2D eigenvalue weighted by Crippen LogP contribution is -2.48. The summed E-state index contributed by atoms with van der Waals surface area (Å²) >= 11 is 0. The van der Waals surface area contributed by atoms with Gasteiger partial charge in [0.25, 0.3) is 0 Å². The Bertz CT molecular complexity index is 671. The van der Waals surface area contributed by atoms with Crippen LogP contribution in [0.25, 0.3) is 0 Å². The van der Waals surface area contributed by atoms with Gasteiger partial charge in [0.2, 0.25) is 15.9 Å². The first-order valence-corrected chi connectivity index (χ1v) is 9.21. The van der Waals surface area contributed by atoms with Crippen LogP contribution in [0.4, 0.5) is 11.4 Å². The molecule has 1 unspecified atom stereocenters. The molecule has 1 fully saturated rings. The SMILES string of the molecule is CCS(=O)(=O)Nc1ccc(NC(=O)C(C)C2CNC2)cc1OC. The second-order valence-electron chi connectivity index (χ2n) is 5.62. The molecule has 3 N–H and O–H groups in total. The molecule has 1 aromatic carbocycles. The summed E-state index contributed by atoms with van der Waals surface area (Å²) in [5.41, 5.74) is 0.925. The van der Waals surface area contributed by atoms with Gasteiger partial charge in [-0.25, -0.2) is 8.42 Å². The summed E-state index contributed by atoms with van der Waals surface area (Å²) in [6.07, 6.45) is 0. The van der Waals surface area contributed by atoms with E-state index in [0.717, 1.165) is 13.1 Å². The smallest absolute Gasteiger partial charge is 0.232 e. The minimum atomic E-state index is -3.39. The Morgan fingerprint density at radius 2 is 2.13 bits per heavy atom. The number of ether oxygens (including phenoxy) is 1. The maximum Gasteiger partial charge on any atom is 0.232 e. The number of sulfonamides is 1. The molecule has 1 heterocycles. The van der Waals surface area contributed by atoms with E-state index in [1.807, 2.05) is 6.92 Å². The second kappa shape index (κ2) is 7.18. The molecule has 7 nitrogen and oxygen atoms in total. The lowest BCUT2D eigenvalue weighted by atomic mass is 9.88. The van der Waals surface area contributed by atoms with Crippen LogP contribution in [0.1, 0.15) is 13.8 Å². The van der Waals surface area contributed by atoms with Crippen LogP contribution in [-0.4, -0.2) is 40.3 Å². The lowest BCUT2D eigenvalue weighted by molar-refractivity contribution is -0.121. The topological polar surface area (TPSA) is 96.5 Å². The Balaban J connectivity index is 2.10. The molecule has 0 spiro atoms. The Labute approximate surface area is 136 Å². The van der Waals surface area contributed by atoms with Gasteiger partial charge in [0.1, 0.15) is 5.75 Å². The quantitative estimate of drug-likeness (QED) is 0.694. The summed E-state index contributed by atoms with van der Waals surface area (Å²) in [4.78, 5) is 12.2. The van der Waals surface area contributed by atoms with Gasteiger partial charge in [0.15, 0.2) is 0 Å². The molecule has 1 aliphatic rings. The van der Waals surface area contributed by atoms with Gasteiger partial charge in [-0.15, -0.1) is 0 Å². The first kappa shape index (κ1) is 17.6. The largest absolute Gasteiger partial charge is 0.494 e. The van der Waals surface area contributed by atoms with Crippen molar-refractivity contribution in [3.05, 3.63) is 18.2 Å². The van der Waals surface area contributed by atoms with Crippen LogP contribution >= 0.6 is 0 Å². The van der Waals surface area contributed by atoms with E-state index < -0.39 is 10.0 Å². The third kappa shape index (κ3) is 4.35. The highest BCUT2D eigenvalue weighted by Gasteiger charge is 2.28. The van der Waals surface area contributed by atoms with Crippen molar-refractivity contribution in [1.29, 1.82) is 0 Å². The molecule has 23 heavy (non-hydrogen) atoms. The van der Waals surface area contributed by atoms with Gasteiger partial charge < -0.3 is 15.4 Å². The Morgan fingerprint density at radius 3 is 2.65 bits per heavy atom. The molecule has 128 valence electrons. The second-order valence-corrected chi connectivity index (χ2v) is 7.63. The number of rotatable bonds is 7. The number of benzene rings is 1. The molecule has 2 rings (SSSR count). The Kier molecular flexibility index (Phi) is 5.48. The van der Waals surface area contributed by atoms with E-state index in [4.69, 9.17) is 4.74 Å². The summed E-state index contributed by atoms with van der Waals surface area (Å²) in [5.74, 6) is 0.549. The third-order valence-corrected chi connectivity index (χ3v) is 5.34. The van der Waals surface area contributed by atoms with Gasteiger partial charge in [-0.3, -0.25) is 9.52 Å². The van der Waals surface area contributed by atoms with Crippen molar-refractivity contribution < 1.29 is 17.9 Å². The number of amides is 1. The molecule has 0 radical (unpaired) electrons. The van der Waals surface area contributed by atoms with Crippen molar-refractivity contribution in [3.8, 4) is 5.75 Å². The van der Waals surface area contributed by atoms with Crippen LogP contribution in [0.5, 0.6) is 5.75 Å². The van der Waals surface area contributed by atoms with Crippen molar-refractivity contribution in [1.82, 2.24) is 5.32 Å². The van der Waals surface area contributed by atoms with E-state index >= 15 is 0 Å². The Morgan fingerprint density at radius 1 is 1.43 bits per heavy atom. The van der Waals surface area contributed by atoms with Crippen LogP contribution in [0.3, 0.4) is 0 Å². The van der Waals surface area contributed by atoms with Gasteiger partial charge in [0.05, 0.1) is 18.6 Å². The monoisotopic (exact) mass is 341 g/mol. The van der Waals surface area contributed by atoms with Crippen molar-refractivity contribution >= 4 is 27.3 Å². The highest BCUT2D eigenvalue weighted by atomic mass is 32.2. The van der Waals surface area contributed by atoms with Crippen molar-refractivity contribution in [2.45, 2.75) is 13.8 Å². The maximum atomic E-state index is 12.2. The molecule has 1 aliphatic heterocycles. The molecule has 1 aromatic rings. The summed E-state index contributed by atoms with van der Waals surface area (Å²) in [5, 5.41) is 5.99. The molecule has 0 aromatic heterocycles. The van der Waals surface area contributed by atoms with Gasteiger partial charge in [-0.1, -0.05) is 6.92 Å². The average molecular weight is 341 g/mol. The third-order valence-electron chi connectivity index (χ3n) is 4.05. The fraction of sp³-hybridized carbons (Fsp3) is 0.533. The highest BCUT2D eigenvalue weighted by Crippen LogP contribution is 2.29. The molecule has 0 bridgehead atoms. The zero-order valence-corrected chi connectivity index (χ0v) is 14.4. The highest BCUT2D eigenvalue weighted by molar-refractivity contribution is 7.92. The fourth-order valence-corrected chi connectivity index (χ4v) is 2.88. The number of nitrogens with one attached hydrogen (secondary N) is 3. The number of anilines is 2. The van der Waals surface area contributed by atoms with Gasteiger partial charge in [0, 0.05) is 17.7 Å². The lowest BCUT2D eigenvalue weighted by Gasteiger charge is -2.31. The minimum Gasteiger partial charge on any atom is -0.494 e. The van der Waals surface area contributed by atoms with Crippen LogP contribution in [0, 0.1) is 11.8 Å². The summed E-state index contributed by atoms with van der Waals surface area (Å²) in [7, 11) is -1.93. The molecular formula is C15H23N3O4S. The van der Waals surface area contributed by atoms with Crippen molar-refractivity contribution in [3.63, 3.8) is 0 Å². The zero-order chi connectivity index (χ0) is 17.0. The fourth-order valence-electron chi connectivity index (χ4n) is 2.23. The van der Waals surface area contributed by atoms with Crippen molar-refractivity contribution in [2.75, 3.05) is 36.0 Å². The normalized spacial score (nSPS) is 16.3. The van der Waals surface area contributed by atoms with Gasteiger partial charge in [-0.2, -0.15) is 0 Å². The predicted molar refractivity (Wildman–Crippen MR) is 90.2 cm³/mol. The molecule has 1 atom stereocenters. The number of carbonyl (C=O) groups excluding carboxylic acids is 1. The van der Waals surface area contributed by atoms with E-state index in [9.17, 15) is 13.2 Å². The molecular weight excluding hydrogens is 318 g/mol. The van der Waals surface area contributed by atoms with E-state index in [0.29, 0.717) is 23.0 Å². The van der Waals surface area contributed by atoms with Gasteiger partial charge >= 0.3 is 0 Å². The average Bonchev–Trinajstić information content (AvgIpc) is 2.46. The van der Waals surface area contributed by atoms with Crippen LogP contribution < -0.4 is 20.1 Å². The van der Waals surface area contributed by atoms with Crippen LogP contribution in [0.15, 0.2) is 18.2 Å². The molecule has 1 amide bonds. The maximum absolute atomic E-state index is 12.2. The summed E-state index contributed by atoms with van der Waals surface area (Å²) in [6.45, 7) is 5.17. The van der Waals surface area contributed by atoms with E-state index in [2.05, 4.69) is 15.4 Å². The number of carbonyl (C=O) groups is 1. The van der Waals surface area contributed by atoms with E-state index in [1.165, 1.54) is 7.11 Å². The summed E-state index contributed by atoms with van der Waals surface area (Å²) < 4.78 is 31.0. The summed E-state index contributed by atoms with van der Waals surface area (Å²) in [6, 6.07) is 4.84. The number of methoxy groups -OCH3 is 1. The van der Waals surface area contributed by atoms with Crippen LogP contribution in [-0.2, 0) is 14.8 Å². The first-order chi connectivity index (χ1) is 10.9. The van der Waals surface area contributed by atoms with Crippen molar-refractivity contribution in [2.24, 2.45) is 11.8 Å². The zero-order valence-electron chi connectivity index (χ0n) is 13.5. The molecule has 1 saturated heterocycles.